The number of amides is 1. The maximum atomic E-state index is 12.1. The largest absolute Gasteiger partial charge is 0.379 e. The Morgan fingerprint density at radius 1 is 1.16 bits per heavy atom. The second kappa shape index (κ2) is 11.8. The van der Waals surface area contributed by atoms with Crippen LogP contribution in [-0.4, -0.2) is 75.2 Å². The molecule has 1 aliphatic rings. The SMILES string of the molecule is Cc1ccc(C(CNC(=NCc2ccccc2)NCC(=O)N(C)C)N2CCOCC2)s1. The Morgan fingerprint density at radius 3 is 2.55 bits per heavy atom. The summed E-state index contributed by atoms with van der Waals surface area (Å²) in [7, 11) is 3.51. The molecular formula is C23H33N5O2S. The van der Waals surface area contributed by atoms with E-state index in [1.54, 1.807) is 19.0 Å². The van der Waals surface area contributed by atoms with Crippen LogP contribution in [0.5, 0.6) is 0 Å². The quantitative estimate of drug-likeness (QED) is 0.484. The number of hydrogen-bond acceptors (Lipinski definition) is 5. The minimum Gasteiger partial charge on any atom is -0.379 e. The molecule has 1 atom stereocenters. The molecule has 1 fully saturated rings. The first-order valence-electron chi connectivity index (χ1n) is 10.7. The highest BCUT2D eigenvalue weighted by Gasteiger charge is 2.24. The highest BCUT2D eigenvalue weighted by Crippen LogP contribution is 2.27. The zero-order chi connectivity index (χ0) is 22.1. The van der Waals surface area contributed by atoms with E-state index in [0.717, 1.165) is 31.9 Å². The molecule has 7 nitrogen and oxygen atoms in total. The summed E-state index contributed by atoms with van der Waals surface area (Å²) >= 11 is 1.83. The zero-order valence-electron chi connectivity index (χ0n) is 18.6. The Hall–Kier alpha value is -2.42. The molecule has 1 aromatic heterocycles. The molecule has 0 bridgehead atoms. The lowest BCUT2D eigenvalue weighted by Gasteiger charge is -2.34. The maximum Gasteiger partial charge on any atom is 0.241 e. The van der Waals surface area contributed by atoms with E-state index in [-0.39, 0.29) is 18.5 Å². The number of likely N-dealkylation sites (N-methyl/N-ethyl adjacent to an activating group) is 1. The predicted molar refractivity (Wildman–Crippen MR) is 126 cm³/mol. The van der Waals surface area contributed by atoms with Gasteiger partial charge in [0, 0.05) is 43.5 Å². The second-order valence-electron chi connectivity index (χ2n) is 7.79. The molecule has 3 rings (SSSR count). The summed E-state index contributed by atoms with van der Waals surface area (Å²) in [5, 5.41) is 6.68. The van der Waals surface area contributed by atoms with Crippen molar-refractivity contribution < 1.29 is 9.53 Å². The van der Waals surface area contributed by atoms with Crippen molar-refractivity contribution in [2.75, 3.05) is 53.5 Å². The van der Waals surface area contributed by atoms with Crippen molar-refractivity contribution in [2.24, 2.45) is 4.99 Å². The predicted octanol–water partition coefficient (Wildman–Crippen LogP) is 2.25. The molecule has 8 heteroatoms. The smallest absolute Gasteiger partial charge is 0.241 e. The van der Waals surface area contributed by atoms with E-state index in [4.69, 9.17) is 9.73 Å². The van der Waals surface area contributed by atoms with Crippen LogP contribution in [0, 0.1) is 6.92 Å². The van der Waals surface area contributed by atoms with Gasteiger partial charge >= 0.3 is 0 Å². The van der Waals surface area contributed by atoms with Crippen molar-refractivity contribution >= 4 is 23.2 Å². The van der Waals surface area contributed by atoms with Crippen LogP contribution in [0.4, 0.5) is 0 Å². The zero-order valence-corrected chi connectivity index (χ0v) is 19.5. The van der Waals surface area contributed by atoms with E-state index in [2.05, 4.69) is 46.7 Å². The number of thiophene rings is 1. The van der Waals surface area contributed by atoms with Gasteiger partial charge in [-0.25, -0.2) is 4.99 Å². The molecule has 1 amide bonds. The van der Waals surface area contributed by atoms with E-state index in [0.29, 0.717) is 19.0 Å². The summed E-state index contributed by atoms with van der Waals surface area (Å²) < 4.78 is 5.55. The van der Waals surface area contributed by atoms with Gasteiger partial charge < -0.3 is 20.3 Å². The van der Waals surface area contributed by atoms with Crippen LogP contribution in [0.15, 0.2) is 47.5 Å². The number of nitrogens with zero attached hydrogens (tertiary/aromatic N) is 3. The standard InChI is InChI=1S/C23H33N5O2S/c1-18-9-10-21(31-18)20(28-11-13-30-14-12-28)16-25-23(26-17-22(29)27(2)3)24-15-19-7-5-4-6-8-19/h4-10,20H,11-17H2,1-3H3,(H2,24,25,26). The molecule has 0 spiro atoms. The summed E-state index contributed by atoms with van der Waals surface area (Å²) in [5.41, 5.74) is 1.13. The van der Waals surface area contributed by atoms with Gasteiger partial charge in [0.05, 0.1) is 32.3 Å². The Labute approximate surface area is 189 Å². The Kier molecular flexibility index (Phi) is 8.87. The summed E-state index contributed by atoms with van der Waals surface area (Å²) in [4.78, 5) is 23.5. The lowest BCUT2D eigenvalue weighted by molar-refractivity contribution is -0.127. The van der Waals surface area contributed by atoms with Gasteiger partial charge in [-0.15, -0.1) is 11.3 Å². The average molecular weight is 444 g/mol. The lowest BCUT2D eigenvalue weighted by atomic mass is 10.2. The van der Waals surface area contributed by atoms with E-state index in [1.165, 1.54) is 9.75 Å². The van der Waals surface area contributed by atoms with Gasteiger partial charge in [-0.3, -0.25) is 9.69 Å². The molecule has 0 radical (unpaired) electrons. The number of nitrogens with one attached hydrogen (secondary N) is 2. The van der Waals surface area contributed by atoms with Crippen molar-refractivity contribution in [3.63, 3.8) is 0 Å². The molecule has 0 saturated carbocycles. The van der Waals surface area contributed by atoms with Crippen molar-refractivity contribution in [2.45, 2.75) is 19.5 Å². The lowest BCUT2D eigenvalue weighted by Crippen LogP contribution is -2.47. The molecule has 1 aliphatic heterocycles. The van der Waals surface area contributed by atoms with Crippen molar-refractivity contribution in [3.05, 3.63) is 57.8 Å². The van der Waals surface area contributed by atoms with Gasteiger partial charge in [0.15, 0.2) is 5.96 Å². The number of morpholine rings is 1. The molecule has 1 aromatic carbocycles. The van der Waals surface area contributed by atoms with Crippen LogP contribution < -0.4 is 10.6 Å². The third-order valence-corrected chi connectivity index (χ3v) is 6.31. The number of ether oxygens (including phenoxy) is 1. The van der Waals surface area contributed by atoms with Gasteiger partial charge in [-0.1, -0.05) is 30.3 Å². The van der Waals surface area contributed by atoms with Crippen LogP contribution >= 0.6 is 11.3 Å². The number of carbonyl (C=O) groups is 1. The topological polar surface area (TPSA) is 69.2 Å². The van der Waals surface area contributed by atoms with Gasteiger partial charge in [0.2, 0.25) is 5.91 Å². The first kappa shape index (κ1) is 23.2. The fourth-order valence-electron chi connectivity index (χ4n) is 3.37. The van der Waals surface area contributed by atoms with Gasteiger partial charge in [-0.2, -0.15) is 0 Å². The van der Waals surface area contributed by atoms with E-state index in [1.807, 2.05) is 29.5 Å². The number of benzene rings is 1. The number of aliphatic imine (C=N–C) groups is 1. The van der Waals surface area contributed by atoms with Crippen LogP contribution in [0.25, 0.3) is 0 Å². The second-order valence-corrected chi connectivity index (χ2v) is 9.11. The minimum atomic E-state index is 0.00724. The molecule has 1 saturated heterocycles. The normalized spacial score (nSPS) is 16.0. The van der Waals surface area contributed by atoms with E-state index < -0.39 is 0 Å². The van der Waals surface area contributed by atoms with Crippen molar-refractivity contribution in [1.29, 1.82) is 0 Å². The number of hydrogen-bond donors (Lipinski definition) is 2. The Morgan fingerprint density at radius 2 is 1.90 bits per heavy atom. The maximum absolute atomic E-state index is 12.1. The number of aryl methyl sites for hydroxylation is 1. The van der Waals surface area contributed by atoms with Crippen molar-refractivity contribution in [3.8, 4) is 0 Å². The van der Waals surface area contributed by atoms with Crippen LogP contribution in [0.3, 0.4) is 0 Å². The van der Waals surface area contributed by atoms with Gasteiger partial charge in [0.25, 0.3) is 0 Å². The van der Waals surface area contributed by atoms with Crippen molar-refractivity contribution in [1.82, 2.24) is 20.4 Å². The van der Waals surface area contributed by atoms with E-state index >= 15 is 0 Å². The highest BCUT2D eigenvalue weighted by atomic mass is 32.1. The number of rotatable bonds is 8. The first-order chi connectivity index (χ1) is 15.0. The molecule has 0 aliphatic carbocycles. The fraction of sp³-hybridized carbons (Fsp3) is 0.478. The summed E-state index contributed by atoms with van der Waals surface area (Å²) in [5.74, 6) is 0.651. The van der Waals surface area contributed by atoms with Gasteiger partial charge in [0.1, 0.15) is 0 Å². The molecular weight excluding hydrogens is 410 g/mol. The average Bonchev–Trinajstić information content (AvgIpc) is 3.22. The molecule has 2 N–H and O–H groups in total. The molecule has 168 valence electrons. The van der Waals surface area contributed by atoms with Crippen LogP contribution in [0.2, 0.25) is 0 Å². The van der Waals surface area contributed by atoms with E-state index in [9.17, 15) is 4.79 Å². The first-order valence-corrected chi connectivity index (χ1v) is 11.5. The third kappa shape index (κ3) is 7.34. The Bertz CT molecular complexity index is 847. The summed E-state index contributed by atoms with van der Waals surface area (Å²) in [6.07, 6.45) is 0. The monoisotopic (exact) mass is 443 g/mol. The third-order valence-electron chi connectivity index (χ3n) is 5.21. The van der Waals surface area contributed by atoms with Crippen LogP contribution in [0.1, 0.15) is 21.4 Å². The molecule has 1 unspecified atom stereocenters. The minimum absolute atomic E-state index is 0.00724. The summed E-state index contributed by atoms with van der Waals surface area (Å²) in [6.45, 7) is 6.92. The molecule has 2 aromatic rings. The summed E-state index contributed by atoms with van der Waals surface area (Å²) in [6, 6.07) is 14.7. The number of carbonyl (C=O) groups excluding carboxylic acids is 1. The Balaban J connectivity index is 1.71. The highest BCUT2D eigenvalue weighted by molar-refractivity contribution is 7.12. The number of guanidine groups is 1. The molecule has 2 heterocycles. The van der Waals surface area contributed by atoms with Crippen LogP contribution in [-0.2, 0) is 16.1 Å². The molecule has 31 heavy (non-hydrogen) atoms. The van der Waals surface area contributed by atoms with Gasteiger partial charge in [-0.05, 0) is 24.6 Å². The fourth-order valence-corrected chi connectivity index (χ4v) is 4.38.